The molecule has 0 spiro atoms. The molecule has 20 heavy (non-hydrogen) atoms. The highest BCUT2D eigenvalue weighted by atomic mass is 19.1. The average molecular weight is 281 g/mol. The number of aldehydes is 1. The standard InChI is InChI=1S/C15H20FNO3/c1-15(2,3)20-14(19)17-13-8-7-12(16)10-11(13)6-4-5-9-18/h7-10H,4-6H2,1-3H3,(H,17,19). The van der Waals surface area contributed by atoms with Crippen LogP contribution in [-0.2, 0) is 16.0 Å². The summed E-state index contributed by atoms with van der Waals surface area (Å²) in [6.45, 7) is 5.30. The van der Waals surface area contributed by atoms with Gasteiger partial charge in [0.05, 0.1) is 0 Å². The number of aryl methyl sites for hydroxylation is 1. The molecule has 1 aromatic carbocycles. The molecule has 1 amide bonds. The van der Waals surface area contributed by atoms with E-state index in [0.717, 1.165) is 6.29 Å². The maximum absolute atomic E-state index is 13.3. The summed E-state index contributed by atoms with van der Waals surface area (Å²) in [5.74, 6) is -0.374. The molecule has 0 bridgehead atoms. The summed E-state index contributed by atoms with van der Waals surface area (Å²) < 4.78 is 18.4. The fourth-order valence-corrected chi connectivity index (χ4v) is 1.68. The number of hydrogen-bond acceptors (Lipinski definition) is 3. The second-order valence-electron chi connectivity index (χ2n) is 5.49. The fraction of sp³-hybridized carbons (Fsp3) is 0.467. The number of rotatable bonds is 5. The van der Waals surface area contributed by atoms with E-state index >= 15 is 0 Å². The van der Waals surface area contributed by atoms with E-state index in [-0.39, 0.29) is 5.82 Å². The number of unbranched alkanes of at least 4 members (excludes halogenated alkanes) is 1. The lowest BCUT2D eigenvalue weighted by atomic mass is 10.1. The smallest absolute Gasteiger partial charge is 0.412 e. The number of carbonyl (C=O) groups is 2. The molecule has 0 unspecified atom stereocenters. The van der Waals surface area contributed by atoms with Gasteiger partial charge in [-0.3, -0.25) is 5.32 Å². The molecule has 0 atom stereocenters. The second kappa shape index (κ2) is 7.03. The third-order valence-corrected chi connectivity index (χ3v) is 2.47. The molecule has 1 rings (SSSR count). The summed E-state index contributed by atoms with van der Waals surface area (Å²) in [4.78, 5) is 22.0. The molecule has 0 aliphatic carbocycles. The van der Waals surface area contributed by atoms with Gasteiger partial charge >= 0.3 is 6.09 Å². The fourth-order valence-electron chi connectivity index (χ4n) is 1.68. The number of benzene rings is 1. The van der Waals surface area contributed by atoms with Crippen LogP contribution in [0.4, 0.5) is 14.9 Å². The molecule has 0 radical (unpaired) electrons. The molecule has 1 N–H and O–H groups in total. The van der Waals surface area contributed by atoms with Crippen LogP contribution < -0.4 is 5.32 Å². The van der Waals surface area contributed by atoms with Crippen LogP contribution in [0.1, 0.15) is 39.2 Å². The molecule has 0 fully saturated rings. The highest BCUT2D eigenvalue weighted by Crippen LogP contribution is 2.20. The Hall–Kier alpha value is -1.91. The predicted molar refractivity (Wildman–Crippen MR) is 75.3 cm³/mol. The van der Waals surface area contributed by atoms with Crippen molar-refractivity contribution in [2.45, 2.75) is 45.6 Å². The first kappa shape index (κ1) is 16.1. The van der Waals surface area contributed by atoms with Crippen LogP contribution in [-0.4, -0.2) is 18.0 Å². The van der Waals surface area contributed by atoms with Crippen LogP contribution in [0.2, 0.25) is 0 Å². The van der Waals surface area contributed by atoms with Crippen molar-refractivity contribution in [3.05, 3.63) is 29.6 Å². The van der Waals surface area contributed by atoms with E-state index in [1.165, 1.54) is 18.2 Å². The quantitative estimate of drug-likeness (QED) is 0.661. The molecular formula is C15H20FNO3. The SMILES string of the molecule is CC(C)(C)OC(=O)Nc1ccc(F)cc1CCCC=O. The molecule has 0 aromatic heterocycles. The Labute approximate surface area is 118 Å². The van der Waals surface area contributed by atoms with Gasteiger partial charge in [0.2, 0.25) is 0 Å². The minimum atomic E-state index is -0.595. The number of ether oxygens (including phenoxy) is 1. The summed E-state index contributed by atoms with van der Waals surface area (Å²) in [6, 6.07) is 4.13. The summed E-state index contributed by atoms with van der Waals surface area (Å²) in [5, 5.41) is 2.61. The van der Waals surface area contributed by atoms with Gasteiger partial charge in [0.15, 0.2) is 0 Å². The minimum absolute atomic E-state index is 0.374. The number of hydrogen-bond donors (Lipinski definition) is 1. The van der Waals surface area contributed by atoms with Gasteiger partial charge < -0.3 is 9.53 Å². The summed E-state index contributed by atoms with van der Waals surface area (Å²) in [7, 11) is 0. The molecule has 0 aliphatic heterocycles. The van der Waals surface area contributed by atoms with Crippen LogP contribution in [0.5, 0.6) is 0 Å². The van der Waals surface area contributed by atoms with Gasteiger partial charge in [-0.2, -0.15) is 0 Å². The van der Waals surface area contributed by atoms with E-state index < -0.39 is 11.7 Å². The average Bonchev–Trinajstić information content (AvgIpc) is 2.30. The molecule has 5 heteroatoms. The molecule has 1 aromatic rings. The van der Waals surface area contributed by atoms with Crippen LogP contribution in [0.15, 0.2) is 18.2 Å². The van der Waals surface area contributed by atoms with Crippen molar-refractivity contribution in [2.75, 3.05) is 5.32 Å². The van der Waals surface area contributed by atoms with Gasteiger partial charge in [-0.25, -0.2) is 9.18 Å². The van der Waals surface area contributed by atoms with E-state index in [9.17, 15) is 14.0 Å². The lowest BCUT2D eigenvalue weighted by Crippen LogP contribution is -2.27. The zero-order valence-corrected chi connectivity index (χ0v) is 12.0. The Morgan fingerprint density at radius 1 is 1.40 bits per heavy atom. The van der Waals surface area contributed by atoms with Crippen molar-refractivity contribution in [1.82, 2.24) is 0 Å². The molecule has 0 aliphatic rings. The Bertz CT molecular complexity index is 480. The van der Waals surface area contributed by atoms with Crippen LogP contribution in [0.3, 0.4) is 0 Å². The van der Waals surface area contributed by atoms with Gasteiger partial charge in [-0.1, -0.05) is 0 Å². The van der Waals surface area contributed by atoms with Crippen LogP contribution >= 0.6 is 0 Å². The van der Waals surface area contributed by atoms with E-state index in [2.05, 4.69) is 5.32 Å². The first-order valence-corrected chi connectivity index (χ1v) is 6.54. The van der Waals surface area contributed by atoms with Gasteiger partial charge in [-0.05, 0) is 57.4 Å². The van der Waals surface area contributed by atoms with E-state index in [1.807, 2.05) is 0 Å². The molecule has 4 nitrogen and oxygen atoms in total. The van der Waals surface area contributed by atoms with E-state index in [4.69, 9.17) is 4.74 Å². The number of carbonyl (C=O) groups excluding carboxylic acids is 2. The van der Waals surface area contributed by atoms with Gasteiger partial charge in [0, 0.05) is 12.1 Å². The van der Waals surface area contributed by atoms with Gasteiger partial charge in [0.25, 0.3) is 0 Å². The van der Waals surface area contributed by atoms with Crippen LogP contribution in [0.25, 0.3) is 0 Å². The third-order valence-electron chi connectivity index (χ3n) is 2.47. The molecule has 0 heterocycles. The molecule has 110 valence electrons. The lowest BCUT2D eigenvalue weighted by Gasteiger charge is -2.20. The van der Waals surface area contributed by atoms with Crippen molar-refractivity contribution in [2.24, 2.45) is 0 Å². The number of anilines is 1. The van der Waals surface area contributed by atoms with Crippen molar-refractivity contribution in [3.63, 3.8) is 0 Å². The monoisotopic (exact) mass is 281 g/mol. The largest absolute Gasteiger partial charge is 0.444 e. The van der Waals surface area contributed by atoms with Crippen molar-refractivity contribution < 1.29 is 18.7 Å². The molecular weight excluding hydrogens is 261 g/mol. The lowest BCUT2D eigenvalue weighted by molar-refractivity contribution is -0.107. The number of nitrogens with one attached hydrogen (secondary N) is 1. The Morgan fingerprint density at radius 2 is 2.10 bits per heavy atom. The van der Waals surface area contributed by atoms with E-state index in [1.54, 1.807) is 20.8 Å². The summed E-state index contributed by atoms with van der Waals surface area (Å²) in [6.07, 6.45) is 1.76. The molecule has 0 saturated heterocycles. The van der Waals surface area contributed by atoms with Crippen molar-refractivity contribution in [3.8, 4) is 0 Å². The van der Waals surface area contributed by atoms with Crippen LogP contribution in [0, 0.1) is 5.82 Å². The van der Waals surface area contributed by atoms with Crippen molar-refractivity contribution >= 4 is 18.1 Å². The highest BCUT2D eigenvalue weighted by Gasteiger charge is 2.17. The van der Waals surface area contributed by atoms with Crippen molar-refractivity contribution in [1.29, 1.82) is 0 Å². The Morgan fingerprint density at radius 3 is 2.70 bits per heavy atom. The maximum atomic E-state index is 13.3. The predicted octanol–water partition coefficient (Wildman–Crippen LogP) is 3.69. The van der Waals surface area contributed by atoms with Gasteiger partial charge in [-0.15, -0.1) is 0 Å². The van der Waals surface area contributed by atoms with Gasteiger partial charge in [0.1, 0.15) is 17.7 Å². The number of halogens is 1. The Kier molecular flexibility index (Phi) is 5.67. The minimum Gasteiger partial charge on any atom is -0.444 e. The zero-order valence-electron chi connectivity index (χ0n) is 12.0. The maximum Gasteiger partial charge on any atom is 0.412 e. The summed E-state index contributed by atoms with van der Waals surface area (Å²) in [5.41, 5.74) is 0.561. The van der Waals surface area contributed by atoms with E-state index in [0.29, 0.717) is 30.5 Å². The number of amides is 1. The third kappa shape index (κ3) is 5.82. The Balaban J connectivity index is 2.77. The second-order valence-corrected chi connectivity index (χ2v) is 5.49. The topological polar surface area (TPSA) is 55.4 Å². The first-order chi connectivity index (χ1) is 9.31. The molecule has 0 saturated carbocycles. The summed E-state index contributed by atoms with van der Waals surface area (Å²) >= 11 is 0. The highest BCUT2D eigenvalue weighted by molar-refractivity contribution is 5.85. The first-order valence-electron chi connectivity index (χ1n) is 6.54. The zero-order chi connectivity index (χ0) is 15.2. The normalized spacial score (nSPS) is 11.0.